The van der Waals surface area contributed by atoms with Gasteiger partial charge in [-0.3, -0.25) is 0 Å². The fourth-order valence-corrected chi connectivity index (χ4v) is 1.28. The van der Waals surface area contributed by atoms with Gasteiger partial charge in [0.15, 0.2) is 0 Å². The van der Waals surface area contributed by atoms with E-state index in [1.165, 1.54) is 17.7 Å². The first-order chi connectivity index (χ1) is 7.24. The zero-order valence-electron chi connectivity index (χ0n) is 8.44. The van der Waals surface area contributed by atoms with Crippen molar-refractivity contribution in [3.8, 4) is 11.5 Å². The Morgan fingerprint density at radius 2 is 1.27 bits per heavy atom. The zero-order valence-corrected chi connectivity index (χ0v) is 8.44. The van der Waals surface area contributed by atoms with Crippen LogP contribution in [0.25, 0.3) is 0 Å². The van der Waals surface area contributed by atoms with Crippen molar-refractivity contribution >= 4 is 0 Å². The number of hydrogen-bond donors (Lipinski definition) is 0. The van der Waals surface area contributed by atoms with Crippen molar-refractivity contribution in [3.63, 3.8) is 0 Å². The van der Waals surface area contributed by atoms with Crippen LogP contribution in [0.3, 0.4) is 0 Å². The number of ether oxygens (including phenoxy) is 1. The van der Waals surface area contributed by atoms with Gasteiger partial charge in [0, 0.05) is 24.3 Å². The minimum absolute atomic E-state index is 0.238. The molecule has 0 fully saturated rings. The van der Waals surface area contributed by atoms with E-state index in [0.717, 1.165) is 11.5 Å². The Labute approximate surface area is 88.1 Å². The predicted molar refractivity (Wildman–Crippen MR) is 58.7 cm³/mol. The lowest BCUT2D eigenvalue weighted by Gasteiger charge is -2.02. The maximum atomic E-state index is 12.6. The van der Waals surface area contributed by atoms with Gasteiger partial charge in [-0.05, 0) is 19.1 Å². The summed E-state index contributed by atoms with van der Waals surface area (Å²) in [5, 5.41) is 0. The molecule has 1 N–H and O–H groups in total. The minimum Gasteiger partial charge on any atom is -0.546 e. The lowest BCUT2D eigenvalue weighted by atomic mass is 10.2. The van der Waals surface area contributed by atoms with E-state index in [0.29, 0.717) is 0 Å². The van der Waals surface area contributed by atoms with E-state index < -0.39 is 0 Å². The smallest absolute Gasteiger partial charge is 0.260 e. The summed E-state index contributed by atoms with van der Waals surface area (Å²) in [6, 6.07) is 14.0. The van der Waals surface area contributed by atoms with E-state index in [-0.39, 0.29) is 5.82 Å². The number of aryl methyl sites for hydroxylation is 1. The van der Waals surface area contributed by atoms with Crippen LogP contribution in [-0.4, -0.2) is 4.74 Å². The number of halogens is 1. The summed E-state index contributed by atoms with van der Waals surface area (Å²) in [5.74, 6) is 1.41. The highest BCUT2D eigenvalue weighted by Gasteiger charge is 2.02. The van der Waals surface area contributed by atoms with Gasteiger partial charge in [-0.25, -0.2) is 4.39 Å². The molecular weight excluding hydrogens is 191 g/mol. The molecule has 0 heterocycles. The third-order valence-electron chi connectivity index (χ3n) is 2.12. The molecule has 0 unspecified atom stereocenters. The summed E-state index contributed by atoms with van der Waals surface area (Å²) >= 11 is 0. The molecule has 2 rings (SSSR count). The number of aromatic hydroxyl groups is 2. The Morgan fingerprint density at radius 1 is 0.800 bits per heavy atom. The van der Waals surface area contributed by atoms with Crippen LogP contribution in [0.15, 0.2) is 48.5 Å². The van der Waals surface area contributed by atoms with Crippen LogP contribution in [0.1, 0.15) is 5.56 Å². The molecule has 0 aliphatic rings. The van der Waals surface area contributed by atoms with Gasteiger partial charge < -0.3 is 4.74 Å². The molecule has 2 aromatic rings. The third kappa shape index (κ3) is 2.56. The van der Waals surface area contributed by atoms with Gasteiger partial charge in [0.1, 0.15) is 5.82 Å². The Hall–Kier alpha value is -1.83. The van der Waals surface area contributed by atoms with Gasteiger partial charge in [0.2, 0.25) is 0 Å². The quantitative estimate of drug-likeness (QED) is 0.659. The molecule has 0 saturated heterocycles. The topological polar surface area (TPSA) is 12.8 Å². The summed E-state index contributed by atoms with van der Waals surface area (Å²) in [6.07, 6.45) is 0. The van der Waals surface area contributed by atoms with Crippen LogP contribution >= 0.6 is 0 Å². The maximum Gasteiger partial charge on any atom is 0.260 e. The molecule has 0 bridgehead atoms. The summed E-state index contributed by atoms with van der Waals surface area (Å²) in [6.45, 7) is 2.03. The van der Waals surface area contributed by atoms with E-state index >= 15 is 0 Å². The van der Waals surface area contributed by atoms with Crippen molar-refractivity contribution in [3.05, 3.63) is 59.9 Å². The van der Waals surface area contributed by atoms with Crippen molar-refractivity contribution in [1.29, 1.82) is 0 Å². The molecule has 0 amide bonds. The average molecular weight is 203 g/mol. The highest BCUT2D eigenvalue weighted by atomic mass is 19.1. The number of rotatable bonds is 2. The van der Waals surface area contributed by atoms with E-state index in [9.17, 15) is 4.39 Å². The molecule has 15 heavy (non-hydrogen) atoms. The number of hydrogen-bond acceptors (Lipinski definition) is 0. The molecular formula is C13H12FO+. The lowest BCUT2D eigenvalue weighted by molar-refractivity contribution is 0.198. The monoisotopic (exact) mass is 203 g/mol. The van der Waals surface area contributed by atoms with Gasteiger partial charge >= 0.3 is 0 Å². The average Bonchev–Trinajstić information content (AvgIpc) is 2.25. The molecule has 76 valence electrons. The molecule has 2 heteroatoms. The van der Waals surface area contributed by atoms with Crippen LogP contribution in [0, 0.1) is 12.7 Å². The van der Waals surface area contributed by atoms with Crippen LogP contribution in [0.4, 0.5) is 4.39 Å². The molecule has 0 aromatic heterocycles. The molecule has 0 atom stereocenters. The van der Waals surface area contributed by atoms with Crippen molar-refractivity contribution in [2.45, 2.75) is 6.92 Å². The Kier molecular flexibility index (Phi) is 2.68. The first-order valence-corrected chi connectivity index (χ1v) is 4.78. The number of benzene rings is 2. The largest absolute Gasteiger partial charge is 0.546 e. The fourth-order valence-electron chi connectivity index (χ4n) is 1.28. The second-order valence-electron chi connectivity index (χ2n) is 3.42. The van der Waals surface area contributed by atoms with E-state index in [4.69, 9.17) is 0 Å². The second-order valence-corrected chi connectivity index (χ2v) is 3.42. The fraction of sp³-hybridized carbons (Fsp3) is 0.0769. The van der Waals surface area contributed by atoms with Gasteiger partial charge in [-0.2, -0.15) is 0 Å². The molecule has 1 nitrogen and oxygen atoms in total. The normalized spacial score (nSPS) is 10.0. The van der Waals surface area contributed by atoms with Crippen LogP contribution in [0.2, 0.25) is 0 Å². The summed E-state index contributed by atoms with van der Waals surface area (Å²) in [7, 11) is 0. The molecule has 0 radical (unpaired) electrons. The van der Waals surface area contributed by atoms with E-state index in [1.54, 1.807) is 12.1 Å². The second kappa shape index (κ2) is 4.13. The van der Waals surface area contributed by atoms with Gasteiger partial charge in [0.05, 0.1) is 0 Å². The van der Waals surface area contributed by atoms with E-state index in [1.807, 2.05) is 31.2 Å². The van der Waals surface area contributed by atoms with Gasteiger partial charge in [-0.15, -0.1) is 0 Å². The van der Waals surface area contributed by atoms with Crippen LogP contribution in [-0.2, 0) is 0 Å². The molecule has 0 aliphatic carbocycles. The molecule has 0 spiro atoms. The van der Waals surface area contributed by atoms with Crippen molar-refractivity contribution in [2.75, 3.05) is 0 Å². The SMILES string of the molecule is Cc1ccc([OH+]c2ccc(F)cc2)cc1. The van der Waals surface area contributed by atoms with Gasteiger partial charge in [-0.1, -0.05) is 17.7 Å². The molecule has 2 aromatic carbocycles. The summed E-state index contributed by atoms with van der Waals surface area (Å²) < 4.78 is 17.0. The summed E-state index contributed by atoms with van der Waals surface area (Å²) in [4.78, 5) is 0. The third-order valence-corrected chi connectivity index (χ3v) is 2.12. The van der Waals surface area contributed by atoms with Crippen LogP contribution < -0.4 is 0 Å². The van der Waals surface area contributed by atoms with Gasteiger partial charge in [0.25, 0.3) is 11.5 Å². The first-order valence-electron chi connectivity index (χ1n) is 4.78. The Bertz CT molecular complexity index is 388. The van der Waals surface area contributed by atoms with Crippen molar-refractivity contribution < 1.29 is 9.13 Å². The molecule has 0 saturated carbocycles. The highest BCUT2D eigenvalue weighted by molar-refractivity contribution is 5.31. The highest BCUT2D eigenvalue weighted by Crippen LogP contribution is 2.23. The summed E-state index contributed by atoms with van der Waals surface area (Å²) in [5.41, 5.74) is 1.20. The lowest BCUT2D eigenvalue weighted by Crippen LogP contribution is -1.80. The Balaban J connectivity index is 2.15. The zero-order chi connectivity index (χ0) is 10.7. The predicted octanol–water partition coefficient (Wildman–Crippen LogP) is 3.79. The van der Waals surface area contributed by atoms with Crippen LogP contribution in [0.5, 0.6) is 11.5 Å². The Morgan fingerprint density at radius 3 is 1.80 bits per heavy atom. The standard InChI is InChI=1S/C13H11FO/c1-10-2-6-12(7-3-10)15-13-8-4-11(14)5-9-13/h2-9H,1H3/p+1. The van der Waals surface area contributed by atoms with E-state index in [2.05, 4.69) is 4.74 Å². The maximum absolute atomic E-state index is 12.6. The van der Waals surface area contributed by atoms with Crippen molar-refractivity contribution in [1.82, 2.24) is 0 Å². The van der Waals surface area contributed by atoms with Crippen molar-refractivity contribution in [2.24, 2.45) is 0 Å². The molecule has 0 aliphatic heterocycles. The first kappa shape index (κ1) is 9.71. The minimum atomic E-state index is -0.238.